The third-order valence-electron chi connectivity index (χ3n) is 2.48. The zero-order chi connectivity index (χ0) is 14.5. The fourth-order valence-electron chi connectivity index (χ4n) is 1.59. The molecule has 0 amide bonds. The molecule has 3 heterocycles. The van der Waals surface area contributed by atoms with Gasteiger partial charge in [0.1, 0.15) is 5.69 Å². The van der Waals surface area contributed by atoms with Crippen molar-refractivity contribution < 1.29 is 8.42 Å². The highest BCUT2D eigenvalue weighted by Crippen LogP contribution is 2.15. The summed E-state index contributed by atoms with van der Waals surface area (Å²) in [6, 6.07) is 0. The van der Waals surface area contributed by atoms with Gasteiger partial charge in [0, 0.05) is 19.5 Å². The average Bonchev–Trinajstić information content (AvgIpc) is 2.93. The summed E-state index contributed by atoms with van der Waals surface area (Å²) in [4.78, 5) is 15.7. The Morgan fingerprint density at radius 3 is 2.60 bits per heavy atom. The standard InChI is InChI=1S/C9H10N8O2S/c1-16-3-5(11-4-16)6-12-8-14-9(20(2,18)19)13-7(10)17(8)15-6/h3-4H,1-2H3,(H2,10,12,13,14,15). The molecule has 3 aromatic heterocycles. The lowest BCUT2D eigenvalue weighted by molar-refractivity contribution is 0.592. The number of nitrogens with zero attached hydrogens (tertiary/aromatic N) is 7. The van der Waals surface area contributed by atoms with Gasteiger partial charge in [-0.3, -0.25) is 0 Å². The van der Waals surface area contributed by atoms with Crippen molar-refractivity contribution >= 4 is 21.6 Å². The number of hydrogen-bond acceptors (Lipinski definition) is 8. The second-order valence-electron chi connectivity index (χ2n) is 4.21. The lowest BCUT2D eigenvalue weighted by Gasteiger charge is -1.99. The molecule has 0 spiro atoms. The van der Waals surface area contributed by atoms with Crippen LogP contribution >= 0.6 is 0 Å². The molecule has 0 aliphatic heterocycles. The van der Waals surface area contributed by atoms with Gasteiger partial charge in [-0.2, -0.15) is 19.5 Å². The van der Waals surface area contributed by atoms with E-state index in [0.717, 1.165) is 6.26 Å². The Morgan fingerprint density at radius 1 is 1.25 bits per heavy atom. The molecule has 0 radical (unpaired) electrons. The Bertz CT molecular complexity index is 909. The second kappa shape index (κ2) is 3.96. The first-order chi connectivity index (χ1) is 9.34. The van der Waals surface area contributed by atoms with E-state index in [9.17, 15) is 8.42 Å². The Labute approximate surface area is 113 Å². The van der Waals surface area contributed by atoms with E-state index < -0.39 is 9.84 Å². The summed E-state index contributed by atoms with van der Waals surface area (Å²) in [5, 5.41) is 3.72. The number of aryl methyl sites for hydroxylation is 1. The molecule has 0 unspecified atom stereocenters. The summed E-state index contributed by atoms with van der Waals surface area (Å²) in [5.74, 6) is 0.237. The molecule has 0 atom stereocenters. The maximum atomic E-state index is 11.5. The highest BCUT2D eigenvalue weighted by Gasteiger charge is 2.18. The lowest BCUT2D eigenvalue weighted by Crippen LogP contribution is -2.11. The predicted molar refractivity (Wildman–Crippen MR) is 68.3 cm³/mol. The van der Waals surface area contributed by atoms with Crippen molar-refractivity contribution in [1.82, 2.24) is 34.1 Å². The first-order valence-corrected chi connectivity index (χ1v) is 7.32. The van der Waals surface area contributed by atoms with Crippen molar-refractivity contribution in [2.75, 3.05) is 12.0 Å². The van der Waals surface area contributed by atoms with Crippen LogP contribution in [0.1, 0.15) is 0 Å². The molecule has 0 fully saturated rings. The molecular weight excluding hydrogens is 284 g/mol. The Hall–Kier alpha value is -2.56. The third kappa shape index (κ3) is 1.97. The van der Waals surface area contributed by atoms with Gasteiger partial charge in [0.05, 0.1) is 6.33 Å². The average molecular weight is 294 g/mol. The van der Waals surface area contributed by atoms with Gasteiger partial charge in [-0.15, -0.1) is 5.10 Å². The summed E-state index contributed by atoms with van der Waals surface area (Å²) >= 11 is 0. The van der Waals surface area contributed by atoms with Crippen LogP contribution in [0.5, 0.6) is 0 Å². The van der Waals surface area contributed by atoms with Crippen LogP contribution in [0.4, 0.5) is 5.95 Å². The van der Waals surface area contributed by atoms with Crippen LogP contribution in [0.3, 0.4) is 0 Å². The molecule has 0 bridgehead atoms. The van der Waals surface area contributed by atoms with Crippen LogP contribution in [0.15, 0.2) is 17.7 Å². The summed E-state index contributed by atoms with van der Waals surface area (Å²) in [6.45, 7) is 0. The zero-order valence-electron chi connectivity index (χ0n) is 10.6. The van der Waals surface area contributed by atoms with Gasteiger partial charge < -0.3 is 10.3 Å². The van der Waals surface area contributed by atoms with E-state index in [1.54, 1.807) is 17.1 Å². The fourth-order valence-corrected chi connectivity index (χ4v) is 2.10. The van der Waals surface area contributed by atoms with Crippen LogP contribution < -0.4 is 5.73 Å². The number of hydrogen-bond donors (Lipinski definition) is 1. The van der Waals surface area contributed by atoms with E-state index in [-0.39, 0.29) is 22.7 Å². The fraction of sp³-hybridized carbons (Fsp3) is 0.222. The van der Waals surface area contributed by atoms with E-state index in [2.05, 4.69) is 25.0 Å². The molecule has 2 N–H and O–H groups in total. The number of nitrogen functional groups attached to an aromatic ring is 1. The molecule has 20 heavy (non-hydrogen) atoms. The molecule has 3 rings (SSSR count). The number of sulfone groups is 1. The van der Waals surface area contributed by atoms with Crippen LogP contribution in [-0.2, 0) is 16.9 Å². The molecule has 0 aliphatic rings. The largest absolute Gasteiger partial charge is 0.368 e. The second-order valence-corrected chi connectivity index (χ2v) is 6.12. The van der Waals surface area contributed by atoms with Gasteiger partial charge in [0.25, 0.3) is 10.9 Å². The van der Waals surface area contributed by atoms with Crippen molar-refractivity contribution in [3.63, 3.8) is 0 Å². The Morgan fingerprint density at radius 2 is 2.00 bits per heavy atom. The van der Waals surface area contributed by atoms with Gasteiger partial charge in [-0.25, -0.2) is 13.4 Å². The highest BCUT2D eigenvalue weighted by molar-refractivity contribution is 7.90. The van der Waals surface area contributed by atoms with E-state index in [1.807, 2.05) is 7.05 Å². The topological polar surface area (TPSA) is 134 Å². The smallest absolute Gasteiger partial charge is 0.258 e. The number of imidazole rings is 1. The molecular formula is C9H10N8O2S. The number of anilines is 1. The van der Waals surface area contributed by atoms with Crippen molar-refractivity contribution in [3.8, 4) is 11.5 Å². The molecule has 104 valence electrons. The van der Waals surface area contributed by atoms with Gasteiger partial charge in [0.2, 0.25) is 21.6 Å². The highest BCUT2D eigenvalue weighted by atomic mass is 32.2. The zero-order valence-corrected chi connectivity index (χ0v) is 11.4. The van der Waals surface area contributed by atoms with Crippen LogP contribution in [0.2, 0.25) is 0 Å². The summed E-state index contributed by atoms with van der Waals surface area (Å²) in [6.07, 6.45) is 4.31. The van der Waals surface area contributed by atoms with Gasteiger partial charge in [0.15, 0.2) is 0 Å². The quantitative estimate of drug-likeness (QED) is 0.629. The first-order valence-electron chi connectivity index (χ1n) is 5.43. The summed E-state index contributed by atoms with van der Waals surface area (Å²) in [5.41, 5.74) is 6.20. The summed E-state index contributed by atoms with van der Waals surface area (Å²) < 4.78 is 25.8. The number of aromatic nitrogens is 7. The van der Waals surface area contributed by atoms with E-state index >= 15 is 0 Å². The van der Waals surface area contributed by atoms with Gasteiger partial charge in [-0.1, -0.05) is 0 Å². The normalized spacial score (nSPS) is 12.1. The predicted octanol–water partition coefficient (Wildman–Crippen LogP) is -1.09. The van der Waals surface area contributed by atoms with Gasteiger partial charge in [-0.05, 0) is 0 Å². The SMILES string of the molecule is Cn1cnc(-c2nc3nc(S(C)(=O)=O)nc(N)n3n2)c1. The van der Waals surface area contributed by atoms with Crippen LogP contribution in [0.25, 0.3) is 17.3 Å². The molecule has 10 nitrogen and oxygen atoms in total. The minimum absolute atomic E-state index is 0.0542. The molecule has 0 aromatic carbocycles. The minimum Gasteiger partial charge on any atom is -0.368 e. The molecule has 3 aromatic rings. The van der Waals surface area contributed by atoms with Crippen LogP contribution in [-0.4, -0.2) is 48.8 Å². The van der Waals surface area contributed by atoms with E-state index in [1.165, 1.54) is 4.52 Å². The maximum Gasteiger partial charge on any atom is 0.258 e. The first kappa shape index (κ1) is 12.5. The molecule has 0 saturated carbocycles. The lowest BCUT2D eigenvalue weighted by atomic mass is 10.5. The summed E-state index contributed by atoms with van der Waals surface area (Å²) in [7, 11) is -1.76. The van der Waals surface area contributed by atoms with Crippen molar-refractivity contribution in [1.29, 1.82) is 0 Å². The Balaban J connectivity index is 2.23. The van der Waals surface area contributed by atoms with Crippen LogP contribution in [0, 0.1) is 0 Å². The number of nitrogens with two attached hydrogens (primary N) is 1. The van der Waals surface area contributed by atoms with E-state index in [0.29, 0.717) is 5.69 Å². The maximum absolute atomic E-state index is 11.5. The minimum atomic E-state index is -3.57. The molecule has 0 saturated heterocycles. The number of fused-ring (bicyclic) bond motifs is 1. The van der Waals surface area contributed by atoms with Crippen molar-refractivity contribution in [2.45, 2.75) is 5.16 Å². The van der Waals surface area contributed by atoms with E-state index in [4.69, 9.17) is 5.73 Å². The van der Waals surface area contributed by atoms with Gasteiger partial charge >= 0.3 is 0 Å². The molecule has 11 heteroatoms. The third-order valence-corrected chi connectivity index (χ3v) is 3.32. The number of rotatable bonds is 2. The molecule has 0 aliphatic carbocycles. The Kier molecular flexibility index (Phi) is 2.47. The monoisotopic (exact) mass is 294 g/mol. The van der Waals surface area contributed by atoms with Crippen molar-refractivity contribution in [2.24, 2.45) is 7.05 Å². The van der Waals surface area contributed by atoms with Crippen molar-refractivity contribution in [3.05, 3.63) is 12.5 Å².